The predicted molar refractivity (Wildman–Crippen MR) is 80.5 cm³/mol. The van der Waals surface area contributed by atoms with Gasteiger partial charge in [-0.3, -0.25) is 0 Å². The molecule has 0 aromatic heterocycles. The van der Waals surface area contributed by atoms with E-state index in [0.29, 0.717) is 0 Å². The van der Waals surface area contributed by atoms with Crippen molar-refractivity contribution in [2.24, 2.45) is 0 Å². The molecule has 0 aliphatic rings. The van der Waals surface area contributed by atoms with Crippen LogP contribution in [-0.2, 0) is 0 Å². The number of nitrogens with one attached hydrogen (secondary N) is 1. The van der Waals surface area contributed by atoms with Crippen LogP contribution < -0.4 is 5.32 Å². The summed E-state index contributed by atoms with van der Waals surface area (Å²) >= 11 is 3.48. The van der Waals surface area contributed by atoms with Crippen molar-refractivity contribution in [1.29, 1.82) is 0 Å². The van der Waals surface area contributed by atoms with Gasteiger partial charge in [-0.25, -0.2) is 8.78 Å². The minimum Gasteiger partial charge on any atom is -0.303 e. The maximum Gasteiger partial charge on any atom is 0.130 e. The second kappa shape index (κ2) is 6.46. The smallest absolute Gasteiger partial charge is 0.130 e. The lowest BCUT2D eigenvalue weighted by atomic mass is 10.0. The second-order valence-corrected chi connectivity index (χ2v) is 5.62. The van der Waals surface area contributed by atoms with Crippen LogP contribution in [0.1, 0.15) is 37.1 Å². The van der Waals surface area contributed by atoms with Gasteiger partial charge >= 0.3 is 0 Å². The lowest BCUT2D eigenvalue weighted by Gasteiger charge is -2.22. The van der Waals surface area contributed by atoms with E-state index in [9.17, 15) is 8.78 Å². The van der Waals surface area contributed by atoms with Gasteiger partial charge in [0, 0.05) is 22.1 Å². The maximum absolute atomic E-state index is 13.7. The minimum atomic E-state index is -0.524. The van der Waals surface area contributed by atoms with Crippen LogP contribution in [0.3, 0.4) is 0 Å². The summed E-state index contributed by atoms with van der Waals surface area (Å²) in [7, 11) is 0. The number of benzene rings is 2. The van der Waals surface area contributed by atoms with E-state index in [0.717, 1.165) is 10.0 Å². The Morgan fingerprint density at radius 2 is 1.50 bits per heavy atom. The third-order valence-corrected chi connectivity index (χ3v) is 4.03. The molecule has 0 bridgehead atoms. The molecule has 0 heterocycles. The number of hydrogen-bond donors (Lipinski definition) is 1. The summed E-state index contributed by atoms with van der Waals surface area (Å²) in [5, 5.41) is 3.22. The largest absolute Gasteiger partial charge is 0.303 e. The van der Waals surface area contributed by atoms with E-state index >= 15 is 0 Å². The summed E-state index contributed by atoms with van der Waals surface area (Å²) in [6.07, 6.45) is 0. The van der Waals surface area contributed by atoms with Crippen LogP contribution in [0.5, 0.6) is 0 Å². The molecule has 2 aromatic carbocycles. The fraction of sp³-hybridized carbons (Fsp3) is 0.250. The summed E-state index contributed by atoms with van der Waals surface area (Å²) in [6.45, 7) is 3.73. The molecule has 0 saturated heterocycles. The summed E-state index contributed by atoms with van der Waals surface area (Å²) in [5.74, 6) is -1.05. The molecule has 2 atom stereocenters. The third-order valence-electron chi connectivity index (χ3n) is 3.30. The first-order chi connectivity index (χ1) is 9.50. The molecule has 0 fully saturated rings. The van der Waals surface area contributed by atoms with Crippen LogP contribution in [0.25, 0.3) is 0 Å². The highest BCUT2D eigenvalue weighted by Gasteiger charge is 2.18. The molecular weight excluding hydrogens is 324 g/mol. The maximum atomic E-state index is 13.7. The van der Waals surface area contributed by atoms with E-state index < -0.39 is 17.7 Å². The normalized spacial score (nSPS) is 14.1. The Labute approximate surface area is 126 Å². The van der Waals surface area contributed by atoms with Gasteiger partial charge < -0.3 is 5.32 Å². The average Bonchev–Trinajstić information content (AvgIpc) is 2.38. The van der Waals surface area contributed by atoms with Crippen molar-refractivity contribution in [3.8, 4) is 0 Å². The Kier molecular flexibility index (Phi) is 4.89. The van der Waals surface area contributed by atoms with Crippen LogP contribution >= 0.6 is 15.9 Å². The highest BCUT2D eigenvalue weighted by atomic mass is 79.9. The lowest BCUT2D eigenvalue weighted by Crippen LogP contribution is -2.24. The molecule has 4 heteroatoms. The monoisotopic (exact) mass is 339 g/mol. The number of halogens is 3. The van der Waals surface area contributed by atoms with E-state index in [4.69, 9.17) is 0 Å². The number of rotatable bonds is 4. The molecule has 0 amide bonds. The van der Waals surface area contributed by atoms with E-state index in [1.54, 1.807) is 6.92 Å². The van der Waals surface area contributed by atoms with Crippen molar-refractivity contribution < 1.29 is 8.78 Å². The molecule has 2 aromatic rings. The molecule has 2 rings (SSSR count). The van der Waals surface area contributed by atoms with Crippen LogP contribution in [-0.4, -0.2) is 0 Å². The first kappa shape index (κ1) is 15.1. The van der Waals surface area contributed by atoms with Crippen molar-refractivity contribution >= 4 is 15.9 Å². The molecule has 0 aliphatic heterocycles. The van der Waals surface area contributed by atoms with E-state index in [2.05, 4.69) is 21.2 Å². The summed E-state index contributed by atoms with van der Waals surface area (Å²) < 4.78 is 28.5. The highest BCUT2D eigenvalue weighted by Crippen LogP contribution is 2.27. The fourth-order valence-electron chi connectivity index (χ4n) is 2.30. The first-order valence-corrected chi connectivity index (χ1v) is 7.24. The van der Waals surface area contributed by atoms with Gasteiger partial charge in [0.15, 0.2) is 0 Å². The molecule has 0 saturated carbocycles. The Hall–Kier alpha value is -1.26. The van der Waals surface area contributed by atoms with E-state index in [1.807, 2.05) is 31.2 Å². The Morgan fingerprint density at radius 1 is 0.900 bits per heavy atom. The summed E-state index contributed by atoms with van der Waals surface area (Å²) in [6, 6.07) is 11.3. The standard InChI is InChI=1S/C16H16BrF2N/c1-10(12-6-3-4-7-13(12)17)20-11(2)16-14(18)8-5-9-15(16)19/h3-11,20H,1-2H3/t10-,11?/m0/s1. The molecule has 20 heavy (non-hydrogen) atoms. The van der Waals surface area contributed by atoms with Gasteiger partial charge in [-0.05, 0) is 37.6 Å². The Balaban J connectivity index is 2.20. The zero-order valence-corrected chi connectivity index (χ0v) is 12.9. The number of hydrogen-bond acceptors (Lipinski definition) is 1. The van der Waals surface area contributed by atoms with Crippen LogP contribution in [0.2, 0.25) is 0 Å². The lowest BCUT2D eigenvalue weighted by molar-refractivity contribution is 0.449. The summed E-state index contributed by atoms with van der Waals surface area (Å²) in [4.78, 5) is 0. The molecule has 1 N–H and O–H groups in total. The molecule has 0 aliphatic carbocycles. The van der Waals surface area contributed by atoms with Gasteiger partial charge in [0.25, 0.3) is 0 Å². The molecule has 106 valence electrons. The highest BCUT2D eigenvalue weighted by molar-refractivity contribution is 9.10. The van der Waals surface area contributed by atoms with E-state index in [1.165, 1.54) is 18.2 Å². The van der Waals surface area contributed by atoms with Gasteiger partial charge in [0.2, 0.25) is 0 Å². The Bertz CT molecular complexity index is 581. The minimum absolute atomic E-state index is 0.0282. The zero-order valence-electron chi connectivity index (χ0n) is 11.3. The van der Waals surface area contributed by atoms with Gasteiger partial charge in [-0.15, -0.1) is 0 Å². The Morgan fingerprint density at radius 3 is 2.10 bits per heavy atom. The topological polar surface area (TPSA) is 12.0 Å². The van der Waals surface area contributed by atoms with Gasteiger partial charge in [-0.1, -0.05) is 40.2 Å². The summed E-state index contributed by atoms with van der Waals surface area (Å²) in [5.41, 5.74) is 1.13. The molecule has 1 unspecified atom stereocenters. The van der Waals surface area contributed by atoms with Gasteiger partial charge in [0.1, 0.15) is 11.6 Å². The molecule has 1 nitrogen and oxygen atoms in total. The van der Waals surface area contributed by atoms with Gasteiger partial charge in [-0.2, -0.15) is 0 Å². The molecular formula is C16H16BrF2N. The van der Waals surface area contributed by atoms with Crippen LogP contribution in [0, 0.1) is 11.6 Å². The molecule has 0 radical (unpaired) electrons. The average molecular weight is 340 g/mol. The molecule has 0 spiro atoms. The SMILES string of the molecule is CC(N[C@@H](C)c1ccccc1Br)c1c(F)cccc1F. The quantitative estimate of drug-likeness (QED) is 0.813. The third kappa shape index (κ3) is 3.25. The zero-order chi connectivity index (χ0) is 14.7. The van der Waals surface area contributed by atoms with Crippen LogP contribution in [0.4, 0.5) is 8.78 Å². The fourth-order valence-corrected chi connectivity index (χ4v) is 2.93. The van der Waals surface area contributed by atoms with Crippen molar-refractivity contribution in [1.82, 2.24) is 5.32 Å². The van der Waals surface area contributed by atoms with Gasteiger partial charge in [0.05, 0.1) is 0 Å². The van der Waals surface area contributed by atoms with Crippen molar-refractivity contribution in [3.63, 3.8) is 0 Å². The van der Waals surface area contributed by atoms with Crippen molar-refractivity contribution in [3.05, 3.63) is 69.7 Å². The van der Waals surface area contributed by atoms with Crippen LogP contribution in [0.15, 0.2) is 46.9 Å². The first-order valence-electron chi connectivity index (χ1n) is 6.45. The predicted octanol–water partition coefficient (Wildman–Crippen LogP) is 5.14. The van der Waals surface area contributed by atoms with Crippen molar-refractivity contribution in [2.75, 3.05) is 0 Å². The van der Waals surface area contributed by atoms with E-state index in [-0.39, 0.29) is 11.6 Å². The second-order valence-electron chi connectivity index (χ2n) is 4.77. The van der Waals surface area contributed by atoms with Crippen molar-refractivity contribution in [2.45, 2.75) is 25.9 Å².